The lowest BCUT2D eigenvalue weighted by molar-refractivity contribution is -0.130. The molecule has 6 heteroatoms. The number of hydrazine groups is 1. The summed E-state index contributed by atoms with van der Waals surface area (Å²) < 4.78 is 0. The number of amides is 3. The van der Waals surface area contributed by atoms with E-state index in [0.29, 0.717) is 17.8 Å². The third kappa shape index (κ3) is 4.34. The van der Waals surface area contributed by atoms with Crippen molar-refractivity contribution in [2.45, 2.75) is 39.3 Å². The monoisotopic (exact) mass is 365 g/mol. The van der Waals surface area contributed by atoms with Crippen LogP contribution in [0.3, 0.4) is 0 Å². The highest BCUT2D eigenvalue weighted by molar-refractivity contribution is 6.01. The first-order valence-corrected chi connectivity index (χ1v) is 9.03. The normalized spacial score (nSPS) is 14.3. The van der Waals surface area contributed by atoms with Gasteiger partial charge in [-0.15, -0.1) is 0 Å². The molecule has 0 spiro atoms. The van der Waals surface area contributed by atoms with Gasteiger partial charge in [-0.25, -0.2) is 5.01 Å². The van der Waals surface area contributed by atoms with Crippen LogP contribution >= 0.6 is 0 Å². The Balaban J connectivity index is 1.77. The molecule has 3 rings (SSSR count). The maximum atomic E-state index is 13.0. The molecule has 2 aromatic rings. The van der Waals surface area contributed by atoms with Gasteiger partial charge in [0.1, 0.15) is 0 Å². The van der Waals surface area contributed by atoms with Gasteiger partial charge in [-0.05, 0) is 43.7 Å². The highest BCUT2D eigenvalue weighted by atomic mass is 16.2. The van der Waals surface area contributed by atoms with Crippen LogP contribution in [0.25, 0.3) is 0 Å². The van der Waals surface area contributed by atoms with Gasteiger partial charge in [0, 0.05) is 31.0 Å². The lowest BCUT2D eigenvalue weighted by atomic mass is 10.1. The molecule has 0 saturated carbocycles. The number of carbonyl (C=O) groups is 3. The van der Waals surface area contributed by atoms with Gasteiger partial charge in [0.2, 0.25) is 11.8 Å². The van der Waals surface area contributed by atoms with E-state index in [1.165, 1.54) is 5.01 Å². The Morgan fingerprint density at radius 1 is 1.04 bits per heavy atom. The van der Waals surface area contributed by atoms with Gasteiger partial charge in [0.25, 0.3) is 5.91 Å². The van der Waals surface area contributed by atoms with Crippen LogP contribution in [0.4, 0.5) is 5.69 Å². The molecule has 1 fully saturated rings. The van der Waals surface area contributed by atoms with E-state index in [9.17, 15) is 14.4 Å². The molecule has 3 amide bonds. The second-order valence-electron chi connectivity index (χ2n) is 6.82. The van der Waals surface area contributed by atoms with E-state index in [-0.39, 0.29) is 36.6 Å². The number of hydrogen-bond acceptors (Lipinski definition) is 3. The highest BCUT2D eigenvalue weighted by Crippen LogP contribution is 2.20. The van der Waals surface area contributed by atoms with Crippen LogP contribution in [0, 0.1) is 0 Å². The summed E-state index contributed by atoms with van der Waals surface area (Å²) in [5, 5.41) is 1.24. The van der Waals surface area contributed by atoms with Crippen molar-refractivity contribution in [2.24, 2.45) is 0 Å². The fraction of sp³-hybridized carbons (Fsp3) is 0.286. The number of nitrogens with zero attached hydrogens (tertiary/aromatic N) is 2. The van der Waals surface area contributed by atoms with Gasteiger partial charge in [0.05, 0.1) is 5.69 Å². The molecule has 1 heterocycles. The molecule has 0 unspecified atom stereocenters. The van der Waals surface area contributed by atoms with Crippen LogP contribution in [-0.4, -0.2) is 28.7 Å². The summed E-state index contributed by atoms with van der Waals surface area (Å²) in [6.07, 6.45) is 0.388. The Morgan fingerprint density at radius 2 is 1.70 bits per heavy atom. The van der Waals surface area contributed by atoms with Gasteiger partial charge >= 0.3 is 0 Å². The summed E-state index contributed by atoms with van der Waals surface area (Å²) in [5.74, 6) is -0.431. The molecular formula is C21H23N3O3. The zero-order chi connectivity index (χ0) is 19.4. The average molecular weight is 365 g/mol. The van der Waals surface area contributed by atoms with Gasteiger partial charge in [-0.1, -0.05) is 30.3 Å². The number of anilines is 1. The predicted octanol–water partition coefficient (Wildman–Crippen LogP) is 2.90. The summed E-state index contributed by atoms with van der Waals surface area (Å²) >= 11 is 0. The maximum absolute atomic E-state index is 13.0. The molecule has 1 saturated heterocycles. The van der Waals surface area contributed by atoms with Crippen LogP contribution in [0.2, 0.25) is 0 Å². The molecule has 2 aromatic carbocycles. The molecule has 27 heavy (non-hydrogen) atoms. The highest BCUT2D eigenvalue weighted by Gasteiger charge is 2.25. The standard InChI is InChI=1S/C21H23N3O3/c1-15(2)23(14-16-6-4-3-5-7-16)21(27)17-8-10-18(11-9-17)24-20(26)13-12-19(25)22-24/h3-11,15H,12-14H2,1-2H3,(H,22,25). The van der Waals surface area contributed by atoms with Gasteiger partial charge in [-0.3, -0.25) is 19.8 Å². The SMILES string of the molecule is CC(C)N(Cc1ccccc1)C(=O)c1ccc(N2NC(=O)CCC2=O)cc1. The van der Waals surface area contributed by atoms with Gasteiger partial charge < -0.3 is 4.90 Å². The molecule has 0 atom stereocenters. The van der Waals surface area contributed by atoms with E-state index in [2.05, 4.69) is 5.43 Å². The third-order valence-electron chi connectivity index (χ3n) is 4.50. The minimum atomic E-state index is -0.191. The molecule has 0 aliphatic carbocycles. The first kappa shape index (κ1) is 18.6. The molecule has 0 bridgehead atoms. The van der Waals surface area contributed by atoms with E-state index < -0.39 is 0 Å². The van der Waals surface area contributed by atoms with Crippen LogP contribution < -0.4 is 10.4 Å². The zero-order valence-electron chi connectivity index (χ0n) is 15.5. The number of nitrogens with one attached hydrogen (secondary N) is 1. The number of carbonyl (C=O) groups excluding carboxylic acids is 3. The first-order valence-electron chi connectivity index (χ1n) is 9.03. The second kappa shape index (κ2) is 8.03. The van der Waals surface area contributed by atoms with E-state index in [4.69, 9.17) is 0 Å². The molecule has 6 nitrogen and oxygen atoms in total. The fourth-order valence-electron chi connectivity index (χ4n) is 2.97. The lowest BCUT2D eigenvalue weighted by Crippen LogP contribution is -2.50. The van der Waals surface area contributed by atoms with Gasteiger partial charge in [-0.2, -0.15) is 0 Å². The molecule has 0 aromatic heterocycles. The van der Waals surface area contributed by atoms with E-state index in [1.807, 2.05) is 44.2 Å². The number of hydrogen-bond donors (Lipinski definition) is 1. The van der Waals surface area contributed by atoms with Crippen molar-refractivity contribution in [1.29, 1.82) is 0 Å². The minimum Gasteiger partial charge on any atom is -0.332 e. The van der Waals surface area contributed by atoms with Crippen molar-refractivity contribution in [3.8, 4) is 0 Å². The van der Waals surface area contributed by atoms with E-state index in [1.54, 1.807) is 29.2 Å². The Hall–Kier alpha value is -3.15. The summed E-state index contributed by atoms with van der Waals surface area (Å²) in [4.78, 5) is 38.3. The number of rotatable bonds is 5. The minimum absolute atomic E-state index is 0.0420. The number of benzene rings is 2. The van der Waals surface area contributed by atoms with Crippen molar-refractivity contribution < 1.29 is 14.4 Å². The first-order chi connectivity index (χ1) is 13.0. The fourth-order valence-corrected chi connectivity index (χ4v) is 2.97. The second-order valence-corrected chi connectivity index (χ2v) is 6.82. The van der Waals surface area contributed by atoms with Crippen LogP contribution in [0.5, 0.6) is 0 Å². The maximum Gasteiger partial charge on any atom is 0.254 e. The van der Waals surface area contributed by atoms with Crippen LogP contribution in [0.1, 0.15) is 42.6 Å². The van der Waals surface area contributed by atoms with Crippen LogP contribution in [-0.2, 0) is 16.1 Å². The smallest absolute Gasteiger partial charge is 0.254 e. The topological polar surface area (TPSA) is 69.7 Å². The predicted molar refractivity (Wildman–Crippen MR) is 103 cm³/mol. The molecule has 140 valence electrons. The summed E-state index contributed by atoms with van der Waals surface area (Å²) in [5.41, 5.74) is 4.71. The third-order valence-corrected chi connectivity index (χ3v) is 4.50. The zero-order valence-corrected chi connectivity index (χ0v) is 15.5. The molecule has 1 aliphatic heterocycles. The summed E-state index contributed by atoms with van der Waals surface area (Å²) in [6.45, 7) is 4.49. The largest absolute Gasteiger partial charge is 0.332 e. The Morgan fingerprint density at radius 3 is 2.33 bits per heavy atom. The molecule has 0 radical (unpaired) electrons. The molecule has 1 N–H and O–H groups in total. The Bertz CT molecular complexity index is 832. The quantitative estimate of drug-likeness (QED) is 0.886. The van der Waals surface area contributed by atoms with Crippen molar-refractivity contribution >= 4 is 23.4 Å². The summed E-state index contributed by atoms with van der Waals surface area (Å²) in [7, 11) is 0. The molecule has 1 aliphatic rings. The molecular weight excluding hydrogens is 342 g/mol. The lowest BCUT2D eigenvalue weighted by Gasteiger charge is -2.28. The van der Waals surface area contributed by atoms with E-state index in [0.717, 1.165) is 5.56 Å². The van der Waals surface area contributed by atoms with Crippen molar-refractivity contribution in [3.63, 3.8) is 0 Å². The van der Waals surface area contributed by atoms with Crippen molar-refractivity contribution in [2.75, 3.05) is 5.01 Å². The average Bonchev–Trinajstić information content (AvgIpc) is 2.68. The Labute approximate surface area is 158 Å². The van der Waals surface area contributed by atoms with Crippen molar-refractivity contribution in [1.82, 2.24) is 10.3 Å². The van der Waals surface area contributed by atoms with Gasteiger partial charge in [0.15, 0.2) is 0 Å². The van der Waals surface area contributed by atoms with Crippen molar-refractivity contribution in [3.05, 3.63) is 65.7 Å². The summed E-state index contributed by atoms with van der Waals surface area (Å²) in [6, 6.07) is 16.6. The van der Waals surface area contributed by atoms with Crippen LogP contribution in [0.15, 0.2) is 54.6 Å². The van der Waals surface area contributed by atoms with E-state index >= 15 is 0 Å². The Kier molecular flexibility index (Phi) is 5.54.